The van der Waals surface area contributed by atoms with Crippen LogP contribution in [0, 0.1) is 11.3 Å². The number of anilines is 1. The molecule has 0 fully saturated rings. The van der Waals surface area contributed by atoms with Crippen LogP contribution in [0.1, 0.15) is 57.5 Å². The average Bonchev–Trinajstić information content (AvgIpc) is 3.08. The highest BCUT2D eigenvalue weighted by Gasteiger charge is 2.42. The van der Waals surface area contributed by atoms with Crippen LogP contribution in [-0.2, 0) is 4.74 Å². The summed E-state index contributed by atoms with van der Waals surface area (Å²) in [6.45, 7) is 5.32. The number of carbonyl (C=O) groups is 3. The lowest BCUT2D eigenvalue weighted by Crippen LogP contribution is -2.45. The van der Waals surface area contributed by atoms with Gasteiger partial charge in [0.2, 0.25) is 0 Å². The molecule has 1 aliphatic rings. The van der Waals surface area contributed by atoms with Crippen LogP contribution in [0.5, 0.6) is 0 Å². The van der Waals surface area contributed by atoms with Gasteiger partial charge in [0.05, 0.1) is 29.5 Å². The van der Waals surface area contributed by atoms with Gasteiger partial charge in [-0.25, -0.2) is 4.79 Å². The van der Waals surface area contributed by atoms with Gasteiger partial charge in [0.1, 0.15) is 6.07 Å². The van der Waals surface area contributed by atoms with Crippen LogP contribution in [0.2, 0.25) is 0 Å². The highest BCUT2D eigenvalue weighted by atomic mass is 16.5. The molecule has 2 N–H and O–H groups in total. The van der Waals surface area contributed by atoms with E-state index in [0.717, 1.165) is 0 Å². The Morgan fingerprint density at radius 1 is 1.19 bits per heavy atom. The fraction of sp³-hybridized carbons (Fsp3) is 0.263. The van der Waals surface area contributed by atoms with Crippen molar-refractivity contribution in [1.82, 2.24) is 9.47 Å². The number of hydrogen-bond acceptors (Lipinski definition) is 6. The highest BCUT2D eigenvalue weighted by Crippen LogP contribution is 2.32. The molecule has 0 radical (unpaired) electrons. The van der Waals surface area contributed by atoms with Crippen molar-refractivity contribution in [3.63, 3.8) is 0 Å². The number of carbonyl (C=O) groups excluding carboxylic acids is 3. The topological polar surface area (TPSA) is 118 Å². The smallest absolute Gasteiger partial charge is 0.357 e. The Morgan fingerprint density at radius 2 is 1.81 bits per heavy atom. The van der Waals surface area contributed by atoms with Gasteiger partial charge in [0.25, 0.3) is 11.8 Å². The molecule has 1 aliphatic heterocycles. The van der Waals surface area contributed by atoms with Crippen LogP contribution in [-0.4, -0.2) is 39.9 Å². The number of fused-ring (bicyclic) bond motifs is 1. The molecule has 3 rings (SSSR count). The SMILES string of the molecule is COC(=O)c1c(N)c(C#N)cn1-c1ccc2c(c1)C(=O)N(C(C)(C)C)C2=O. The first kappa shape index (κ1) is 18.2. The number of nitrogens with zero attached hydrogens (tertiary/aromatic N) is 3. The zero-order valence-electron chi connectivity index (χ0n) is 15.4. The van der Waals surface area contributed by atoms with E-state index in [0.29, 0.717) is 11.3 Å². The van der Waals surface area contributed by atoms with Crippen molar-refractivity contribution in [2.24, 2.45) is 0 Å². The second-order valence-corrected chi connectivity index (χ2v) is 7.12. The number of rotatable bonds is 2. The first-order chi connectivity index (χ1) is 12.6. The second kappa shape index (κ2) is 5.99. The lowest BCUT2D eigenvalue weighted by atomic mass is 10.1. The Morgan fingerprint density at radius 3 is 2.37 bits per heavy atom. The van der Waals surface area contributed by atoms with Gasteiger partial charge in [0, 0.05) is 17.4 Å². The van der Waals surface area contributed by atoms with E-state index in [9.17, 15) is 19.6 Å². The number of ether oxygens (including phenoxy) is 1. The third kappa shape index (κ3) is 2.64. The van der Waals surface area contributed by atoms with Crippen molar-refractivity contribution in [3.05, 3.63) is 46.8 Å². The minimum atomic E-state index is -0.715. The molecular weight excluding hydrogens is 348 g/mol. The number of benzene rings is 1. The van der Waals surface area contributed by atoms with Crippen LogP contribution < -0.4 is 5.73 Å². The summed E-state index contributed by atoms with van der Waals surface area (Å²) in [7, 11) is 1.21. The number of nitrogens with two attached hydrogens (primary N) is 1. The molecule has 0 saturated carbocycles. The number of nitriles is 1. The predicted molar refractivity (Wildman–Crippen MR) is 96.5 cm³/mol. The summed E-state index contributed by atoms with van der Waals surface area (Å²) in [5.41, 5.74) is 6.24. The van der Waals surface area contributed by atoms with Gasteiger partial charge >= 0.3 is 5.97 Å². The van der Waals surface area contributed by atoms with E-state index in [1.165, 1.54) is 34.9 Å². The van der Waals surface area contributed by atoms with Gasteiger partial charge in [-0.05, 0) is 39.0 Å². The lowest BCUT2D eigenvalue weighted by Gasteiger charge is -2.29. The number of esters is 1. The Bertz CT molecular complexity index is 1040. The summed E-state index contributed by atoms with van der Waals surface area (Å²) in [4.78, 5) is 38.7. The van der Waals surface area contributed by atoms with Gasteiger partial charge in [-0.2, -0.15) is 5.26 Å². The molecule has 0 saturated heterocycles. The fourth-order valence-electron chi connectivity index (χ4n) is 3.11. The zero-order valence-corrected chi connectivity index (χ0v) is 15.4. The van der Waals surface area contributed by atoms with E-state index in [2.05, 4.69) is 0 Å². The molecule has 8 nitrogen and oxygen atoms in total. The zero-order chi connectivity index (χ0) is 20.1. The van der Waals surface area contributed by atoms with Crippen molar-refractivity contribution < 1.29 is 19.1 Å². The summed E-state index contributed by atoms with van der Waals surface area (Å²) in [6, 6.07) is 6.54. The summed E-state index contributed by atoms with van der Waals surface area (Å²) < 4.78 is 6.14. The van der Waals surface area contributed by atoms with Crippen molar-refractivity contribution in [1.29, 1.82) is 5.26 Å². The maximum atomic E-state index is 12.8. The molecule has 2 amide bonds. The van der Waals surface area contributed by atoms with Crippen molar-refractivity contribution in [2.45, 2.75) is 26.3 Å². The first-order valence-corrected chi connectivity index (χ1v) is 8.14. The monoisotopic (exact) mass is 366 g/mol. The quantitative estimate of drug-likeness (QED) is 0.642. The van der Waals surface area contributed by atoms with E-state index in [4.69, 9.17) is 10.5 Å². The number of nitrogen functional groups attached to an aromatic ring is 1. The standard InChI is InChI=1S/C19H18N4O4/c1-19(2,3)23-16(24)12-6-5-11(7-13(12)17(23)25)22-9-10(8-20)14(21)15(22)18(26)27-4/h5-7,9H,21H2,1-4H3. The van der Waals surface area contributed by atoms with Crippen LogP contribution in [0.3, 0.4) is 0 Å². The molecular formula is C19H18N4O4. The summed E-state index contributed by atoms with van der Waals surface area (Å²) in [5, 5.41) is 9.21. The van der Waals surface area contributed by atoms with Crippen LogP contribution in [0.25, 0.3) is 5.69 Å². The fourth-order valence-corrected chi connectivity index (χ4v) is 3.11. The van der Waals surface area contributed by atoms with Crippen molar-refractivity contribution >= 4 is 23.5 Å². The third-order valence-corrected chi connectivity index (χ3v) is 4.36. The highest BCUT2D eigenvalue weighted by molar-refractivity contribution is 6.22. The molecule has 2 heterocycles. The molecule has 0 atom stereocenters. The molecule has 0 unspecified atom stereocenters. The molecule has 0 bridgehead atoms. The molecule has 138 valence electrons. The third-order valence-electron chi connectivity index (χ3n) is 4.36. The van der Waals surface area contributed by atoms with Gasteiger partial charge in [-0.3, -0.25) is 14.5 Å². The maximum absolute atomic E-state index is 12.8. The van der Waals surface area contributed by atoms with Crippen molar-refractivity contribution in [2.75, 3.05) is 12.8 Å². The van der Waals surface area contributed by atoms with Crippen LogP contribution in [0.15, 0.2) is 24.4 Å². The Kier molecular flexibility index (Phi) is 4.03. The van der Waals surface area contributed by atoms with E-state index in [1.54, 1.807) is 26.8 Å². The minimum absolute atomic E-state index is 0.0106. The van der Waals surface area contributed by atoms with E-state index >= 15 is 0 Å². The Hall–Kier alpha value is -3.60. The molecule has 0 spiro atoms. The Balaban J connectivity index is 2.18. The van der Waals surface area contributed by atoms with E-state index < -0.39 is 17.4 Å². The van der Waals surface area contributed by atoms with Crippen LogP contribution >= 0.6 is 0 Å². The summed E-state index contributed by atoms with van der Waals surface area (Å²) >= 11 is 0. The lowest BCUT2D eigenvalue weighted by molar-refractivity contribution is 0.0506. The number of methoxy groups -OCH3 is 1. The van der Waals surface area contributed by atoms with Gasteiger partial charge in [0.15, 0.2) is 5.69 Å². The normalized spacial score (nSPS) is 13.5. The number of amides is 2. The maximum Gasteiger partial charge on any atom is 0.357 e. The average molecular weight is 366 g/mol. The van der Waals surface area contributed by atoms with Gasteiger partial charge < -0.3 is 15.0 Å². The molecule has 27 heavy (non-hydrogen) atoms. The summed E-state index contributed by atoms with van der Waals surface area (Å²) in [6.07, 6.45) is 1.39. The Labute approximate surface area is 155 Å². The molecule has 0 aliphatic carbocycles. The van der Waals surface area contributed by atoms with Crippen molar-refractivity contribution in [3.8, 4) is 11.8 Å². The first-order valence-electron chi connectivity index (χ1n) is 8.14. The van der Waals surface area contributed by atoms with Gasteiger partial charge in [-0.15, -0.1) is 0 Å². The van der Waals surface area contributed by atoms with E-state index in [-0.39, 0.29) is 28.4 Å². The number of hydrogen-bond donors (Lipinski definition) is 1. The largest absolute Gasteiger partial charge is 0.464 e. The molecule has 2 aromatic rings. The van der Waals surface area contributed by atoms with Gasteiger partial charge in [-0.1, -0.05) is 0 Å². The van der Waals surface area contributed by atoms with E-state index in [1.807, 2.05) is 6.07 Å². The molecule has 1 aromatic heterocycles. The van der Waals surface area contributed by atoms with Crippen LogP contribution in [0.4, 0.5) is 5.69 Å². The summed E-state index contributed by atoms with van der Waals surface area (Å²) in [5.74, 6) is -1.50. The minimum Gasteiger partial charge on any atom is -0.464 e. The number of imide groups is 1. The second-order valence-electron chi connectivity index (χ2n) is 7.12. The predicted octanol–water partition coefficient (Wildman–Crippen LogP) is 2.11. The number of aromatic nitrogens is 1. The molecule has 1 aromatic carbocycles. The molecule has 8 heteroatoms.